The summed E-state index contributed by atoms with van der Waals surface area (Å²) in [4.78, 5) is 37.0. The molecule has 1 aliphatic rings. The molecule has 0 unspecified atom stereocenters. The number of hydrogen-bond donors (Lipinski definition) is 2. The molecule has 10 heteroatoms. The zero-order valence-electron chi connectivity index (χ0n) is 13.1. The van der Waals surface area contributed by atoms with Crippen LogP contribution in [0, 0.1) is 6.92 Å². The molecule has 1 aromatic heterocycles. The van der Waals surface area contributed by atoms with Crippen molar-refractivity contribution in [3.8, 4) is 5.69 Å². The van der Waals surface area contributed by atoms with Crippen LogP contribution in [0.25, 0.3) is 5.69 Å². The molecule has 132 valence electrons. The number of hydrogen-bond acceptors (Lipinski definition) is 3. The number of imide groups is 1. The quantitative estimate of drug-likeness (QED) is 0.800. The van der Waals surface area contributed by atoms with Crippen LogP contribution in [-0.2, 0) is 10.3 Å². The molecule has 1 fully saturated rings. The summed E-state index contributed by atoms with van der Waals surface area (Å²) in [6.45, 7) is 1.24. The molecule has 0 spiro atoms. The first kappa shape index (κ1) is 16.8. The Labute approximate surface area is 139 Å². The Hall–Kier alpha value is -3.04. The summed E-state index contributed by atoms with van der Waals surface area (Å²) in [5.74, 6) is -1.55. The molecule has 1 aliphatic heterocycles. The van der Waals surface area contributed by atoms with E-state index in [1.54, 1.807) is 23.5 Å². The number of alkyl halides is 3. The van der Waals surface area contributed by atoms with E-state index >= 15 is 0 Å². The molecule has 25 heavy (non-hydrogen) atoms. The molecule has 7 nitrogen and oxygen atoms in total. The van der Waals surface area contributed by atoms with Crippen molar-refractivity contribution in [2.75, 3.05) is 7.05 Å². The summed E-state index contributed by atoms with van der Waals surface area (Å²) in [5.41, 5.74) is -5.22. The van der Waals surface area contributed by atoms with Crippen LogP contribution in [0.3, 0.4) is 0 Å². The third kappa shape index (κ3) is 2.17. The molecule has 2 N–H and O–H groups in total. The summed E-state index contributed by atoms with van der Waals surface area (Å²) in [7, 11) is 0.920. The lowest BCUT2D eigenvalue weighted by atomic mass is 9.89. The van der Waals surface area contributed by atoms with Crippen LogP contribution in [0.5, 0.6) is 0 Å². The number of rotatable bonds is 2. The van der Waals surface area contributed by atoms with E-state index in [1.807, 2.05) is 0 Å². The second-order valence-corrected chi connectivity index (χ2v) is 5.63. The minimum atomic E-state index is -5.20. The van der Waals surface area contributed by atoms with Crippen molar-refractivity contribution in [1.82, 2.24) is 20.0 Å². The van der Waals surface area contributed by atoms with Crippen LogP contribution < -0.4 is 10.9 Å². The third-order valence-corrected chi connectivity index (χ3v) is 4.11. The summed E-state index contributed by atoms with van der Waals surface area (Å²) in [5, 5.41) is 4.18. The van der Waals surface area contributed by atoms with Gasteiger partial charge in [0.1, 0.15) is 0 Å². The Kier molecular flexibility index (Phi) is 3.52. The fourth-order valence-electron chi connectivity index (χ4n) is 2.89. The first-order valence-corrected chi connectivity index (χ1v) is 7.16. The number of urea groups is 1. The fourth-order valence-corrected chi connectivity index (χ4v) is 2.89. The fraction of sp³-hybridized carbons (Fsp3) is 0.267. The van der Waals surface area contributed by atoms with Gasteiger partial charge in [0.2, 0.25) is 5.54 Å². The zero-order chi connectivity index (χ0) is 18.6. The lowest BCUT2D eigenvalue weighted by Crippen LogP contribution is -2.58. The van der Waals surface area contributed by atoms with Crippen molar-refractivity contribution in [2.24, 2.45) is 0 Å². The van der Waals surface area contributed by atoms with Gasteiger partial charge in [-0.1, -0.05) is 18.2 Å². The van der Waals surface area contributed by atoms with Crippen LogP contribution in [0.4, 0.5) is 18.0 Å². The van der Waals surface area contributed by atoms with E-state index in [-0.39, 0.29) is 5.69 Å². The number of benzene rings is 1. The highest BCUT2D eigenvalue weighted by Gasteiger charge is 2.70. The van der Waals surface area contributed by atoms with E-state index in [0.717, 1.165) is 11.7 Å². The number of nitrogens with zero attached hydrogens (tertiary/aromatic N) is 2. The van der Waals surface area contributed by atoms with Crippen LogP contribution in [0.2, 0.25) is 0 Å². The predicted molar refractivity (Wildman–Crippen MR) is 80.2 cm³/mol. The number of amides is 3. The maximum absolute atomic E-state index is 13.8. The Morgan fingerprint density at radius 1 is 1.08 bits per heavy atom. The molecule has 3 rings (SSSR count). The topological polar surface area (TPSA) is 87.2 Å². The molecule has 2 aromatic rings. The summed E-state index contributed by atoms with van der Waals surface area (Å²) < 4.78 is 42.4. The summed E-state index contributed by atoms with van der Waals surface area (Å²) in [6, 6.07) is 6.69. The molecule has 2 heterocycles. The average molecular weight is 354 g/mol. The Balaban J connectivity index is 2.31. The number of aromatic amines is 1. The van der Waals surface area contributed by atoms with E-state index in [9.17, 15) is 27.6 Å². The van der Waals surface area contributed by atoms with Gasteiger partial charge in [-0.2, -0.15) is 13.2 Å². The zero-order valence-corrected chi connectivity index (χ0v) is 13.1. The van der Waals surface area contributed by atoms with Crippen LogP contribution >= 0.6 is 0 Å². The SMILES string of the molecule is Cc1[nH]n(-c2ccccc2)c(=O)c1[C@@]1(C(F)(F)F)NC(=O)N(C)C1=O. The van der Waals surface area contributed by atoms with Gasteiger partial charge in [-0.3, -0.25) is 19.6 Å². The maximum Gasteiger partial charge on any atom is 0.425 e. The molecule has 0 bridgehead atoms. The number of aryl methyl sites for hydroxylation is 1. The van der Waals surface area contributed by atoms with Crippen LogP contribution in [-0.4, -0.2) is 39.8 Å². The van der Waals surface area contributed by atoms with E-state index < -0.39 is 34.8 Å². The lowest BCUT2D eigenvalue weighted by molar-refractivity contribution is -0.198. The van der Waals surface area contributed by atoms with E-state index in [2.05, 4.69) is 5.10 Å². The maximum atomic E-state index is 13.8. The van der Waals surface area contributed by atoms with E-state index in [4.69, 9.17) is 0 Å². The first-order valence-electron chi connectivity index (χ1n) is 7.16. The van der Waals surface area contributed by atoms with Gasteiger partial charge in [0.05, 0.1) is 11.3 Å². The molecule has 0 saturated carbocycles. The molecule has 3 amide bonds. The van der Waals surface area contributed by atoms with E-state index in [1.165, 1.54) is 19.1 Å². The van der Waals surface area contributed by atoms with Crippen molar-refractivity contribution in [3.63, 3.8) is 0 Å². The molecule has 1 atom stereocenters. The third-order valence-electron chi connectivity index (χ3n) is 4.11. The highest BCUT2D eigenvalue weighted by molar-refractivity contribution is 6.07. The molecule has 0 aliphatic carbocycles. The largest absolute Gasteiger partial charge is 0.425 e. The summed E-state index contributed by atoms with van der Waals surface area (Å²) >= 11 is 0. The predicted octanol–water partition coefficient (Wildman–Crippen LogP) is 1.41. The second-order valence-electron chi connectivity index (χ2n) is 5.63. The van der Waals surface area contributed by atoms with Gasteiger partial charge in [-0.05, 0) is 19.1 Å². The number of carbonyl (C=O) groups excluding carboxylic acids is 2. The molecule has 1 aromatic carbocycles. The number of likely N-dealkylation sites (N-methyl/N-ethyl adjacent to an activating group) is 1. The van der Waals surface area contributed by atoms with Gasteiger partial charge < -0.3 is 5.32 Å². The highest BCUT2D eigenvalue weighted by Crippen LogP contribution is 2.42. The summed E-state index contributed by atoms with van der Waals surface area (Å²) in [6.07, 6.45) is -5.20. The number of nitrogens with one attached hydrogen (secondary N) is 2. The highest BCUT2D eigenvalue weighted by atomic mass is 19.4. The number of para-hydroxylation sites is 1. The van der Waals surface area contributed by atoms with Crippen molar-refractivity contribution in [3.05, 3.63) is 51.9 Å². The lowest BCUT2D eigenvalue weighted by Gasteiger charge is -2.27. The van der Waals surface area contributed by atoms with Gasteiger partial charge in [-0.25, -0.2) is 9.48 Å². The molecule has 1 saturated heterocycles. The number of aromatic nitrogens is 2. The average Bonchev–Trinajstić information content (AvgIpc) is 2.97. The van der Waals surface area contributed by atoms with Crippen molar-refractivity contribution >= 4 is 11.9 Å². The van der Waals surface area contributed by atoms with Crippen molar-refractivity contribution in [1.29, 1.82) is 0 Å². The minimum absolute atomic E-state index is 0.171. The second kappa shape index (κ2) is 5.23. The van der Waals surface area contributed by atoms with Crippen LogP contribution in [0.1, 0.15) is 11.3 Å². The standard InChI is InChI=1S/C15H13F3N4O3/c1-8-10(11(23)22(20-8)9-6-4-3-5-7-9)14(15(16,17)18)12(24)21(2)13(25)19-14/h3-7,20H,1-2H3,(H,19,25)/t14-/m1/s1. The molecular formula is C15H13F3N4O3. The first-order chi connectivity index (χ1) is 11.6. The van der Waals surface area contributed by atoms with Crippen LogP contribution in [0.15, 0.2) is 35.1 Å². The van der Waals surface area contributed by atoms with Gasteiger partial charge in [0.15, 0.2) is 0 Å². The van der Waals surface area contributed by atoms with Gasteiger partial charge >= 0.3 is 12.2 Å². The Bertz CT molecular complexity index is 916. The Morgan fingerprint density at radius 3 is 2.16 bits per heavy atom. The molecule has 0 radical (unpaired) electrons. The van der Waals surface area contributed by atoms with Crippen molar-refractivity contribution in [2.45, 2.75) is 18.6 Å². The van der Waals surface area contributed by atoms with E-state index in [0.29, 0.717) is 10.6 Å². The minimum Gasteiger partial charge on any atom is -0.312 e. The number of carbonyl (C=O) groups is 2. The van der Waals surface area contributed by atoms with Gasteiger partial charge in [-0.15, -0.1) is 0 Å². The number of H-pyrrole nitrogens is 1. The van der Waals surface area contributed by atoms with Gasteiger partial charge in [0.25, 0.3) is 11.5 Å². The Morgan fingerprint density at radius 2 is 1.68 bits per heavy atom. The van der Waals surface area contributed by atoms with Crippen molar-refractivity contribution < 1.29 is 22.8 Å². The molecular weight excluding hydrogens is 341 g/mol. The number of halogens is 3. The smallest absolute Gasteiger partial charge is 0.312 e. The normalized spacial score (nSPS) is 20.9. The van der Waals surface area contributed by atoms with Gasteiger partial charge in [0, 0.05) is 12.7 Å². The monoisotopic (exact) mass is 354 g/mol.